The van der Waals surface area contributed by atoms with Crippen molar-refractivity contribution in [3.05, 3.63) is 69.8 Å². The summed E-state index contributed by atoms with van der Waals surface area (Å²) in [4.78, 5) is 32.7. The van der Waals surface area contributed by atoms with E-state index in [9.17, 15) is 9.59 Å². The first-order valence-electron chi connectivity index (χ1n) is 10.5. The van der Waals surface area contributed by atoms with Crippen LogP contribution in [0.15, 0.2) is 47.3 Å². The lowest BCUT2D eigenvalue weighted by molar-refractivity contribution is -0.117. The van der Waals surface area contributed by atoms with Crippen LogP contribution in [-0.4, -0.2) is 25.7 Å². The molecule has 2 N–H and O–H groups in total. The quantitative estimate of drug-likeness (QED) is 0.619. The third kappa shape index (κ3) is 4.20. The first-order valence-corrected chi connectivity index (χ1v) is 10.5. The number of rotatable bonds is 7. The average Bonchev–Trinajstić information content (AvgIpc) is 3.49. The van der Waals surface area contributed by atoms with E-state index in [-0.39, 0.29) is 23.3 Å². The number of nitrogens with zero attached hydrogens (tertiary/aromatic N) is 3. The van der Waals surface area contributed by atoms with Gasteiger partial charge in [0.15, 0.2) is 0 Å². The number of carbonyl (C=O) groups excluding carboxylic acids is 1. The fourth-order valence-corrected chi connectivity index (χ4v) is 3.56. The summed E-state index contributed by atoms with van der Waals surface area (Å²) in [7, 11) is 0. The van der Waals surface area contributed by atoms with Crippen LogP contribution in [0.4, 0.5) is 5.82 Å². The molecular weight excluding hydrogens is 378 g/mol. The van der Waals surface area contributed by atoms with Gasteiger partial charge in [0.25, 0.3) is 5.56 Å². The Morgan fingerprint density at radius 3 is 2.60 bits per heavy atom. The zero-order valence-corrected chi connectivity index (χ0v) is 17.6. The summed E-state index contributed by atoms with van der Waals surface area (Å²) < 4.78 is 1.55. The Morgan fingerprint density at radius 1 is 1.23 bits per heavy atom. The van der Waals surface area contributed by atoms with Gasteiger partial charge in [-0.2, -0.15) is 9.78 Å². The number of aromatic nitrogens is 4. The van der Waals surface area contributed by atoms with E-state index in [0.717, 1.165) is 24.1 Å². The third-order valence-corrected chi connectivity index (χ3v) is 5.44. The molecule has 7 nitrogen and oxygen atoms in total. The number of benzene rings is 1. The van der Waals surface area contributed by atoms with E-state index in [1.807, 2.05) is 57.2 Å². The fraction of sp³-hybridized carbons (Fsp3) is 0.391. The number of hydrogen-bond donors (Lipinski definition) is 2. The van der Waals surface area contributed by atoms with E-state index in [0.29, 0.717) is 29.8 Å². The van der Waals surface area contributed by atoms with Gasteiger partial charge in [-0.25, -0.2) is 4.98 Å². The minimum atomic E-state index is -0.270. The van der Waals surface area contributed by atoms with E-state index < -0.39 is 0 Å². The molecule has 0 spiro atoms. The third-order valence-electron chi connectivity index (χ3n) is 5.44. The van der Waals surface area contributed by atoms with Gasteiger partial charge in [-0.1, -0.05) is 51.1 Å². The van der Waals surface area contributed by atoms with E-state index >= 15 is 0 Å². The molecule has 3 aromatic rings. The maximum absolute atomic E-state index is 13.1. The highest BCUT2D eigenvalue weighted by molar-refractivity contribution is 5.95. The Morgan fingerprint density at radius 2 is 1.97 bits per heavy atom. The van der Waals surface area contributed by atoms with E-state index in [4.69, 9.17) is 0 Å². The van der Waals surface area contributed by atoms with Crippen molar-refractivity contribution in [3.8, 4) is 5.95 Å². The van der Waals surface area contributed by atoms with Crippen molar-refractivity contribution in [3.63, 3.8) is 0 Å². The Balaban J connectivity index is 1.70. The molecule has 7 heteroatoms. The lowest BCUT2D eigenvalue weighted by Crippen LogP contribution is -2.23. The lowest BCUT2D eigenvalue weighted by atomic mass is 9.96. The van der Waals surface area contributed by atoms with Crippen LogP contribution in [0.3, 0.4) is 0 Å². The lowest BCUT2D eigenvalue weighted by Gasteiger charge is -2.16. The van der Waals surface area contributed by atoms with Crippen molar-refractivity contribution < 1.29 is 4.79 Å². The molecule has 0 bridgehead atoms. The number of nitrogens with one attached hydrogen (secondary N) is 2. The minimum absolute atomic E-state index is 0.102. The highest BCUT2D eigenvalue weighted by Gasteiger charge is 2.29. The number of carbonyl (C=O) groups is 1. The van der Waals surface area contributed by atoms with Gasteiger partial charge in [0.1, 0.15) is 5.82 Å². The smallest absolute Gasteiger partial charge is 0.252 e. The van der Waals surface area contributed by atoms with Gasteiger partial charge in [-0.15, -0.1) is 0 Å². The maximum Gasteiger partial charge on any atom is 0.252 e. The van der Waals surface area contributed by atoms with Crippen LogP contribution in [0.1, 0.15) is 74.7 Å². The molecule has 1 saturated carbocycles. The SMILES string of the molecule is CC[C@H](C(=O)Nc1cc(C2CC2)nn1-c1nc(C(C)C)cc(=O)[nH]1)c1ccccc1. The molecule has 1 fully saturated rings. The summed E-state index contributed by atoms with van der Waals surface area (Å²) in [6, 6.07) is 13.1. The topological polar surface area (TPSA) is 92.7 Å². The normalized spacial score (nSPS) is 14.7. The first-order chi connectivity index (χ1) is 14.5. The van der Waals surface area contributed by atoms with Crippen molar-refractivity contribution in [1.29, 1.82) is 0 Å². The summed E-state index contributed by atoms with van der Waals surface area (Å²) in [5.74, 6) is 0.979. The predicted molar refractivity (Wildman–Crippen MR) is 116 cm³/mol. The monoisotopic (exact) mass is 405 g/mol. The van der Waals surface area contributed by atoms with Crippen LogP contribution in [-0.2, 0) is 4.79 Å². The Hall–Kier alpha value is -3.22. The minimum Gasteiger partial charge on any atom is -0.310 e. The fourth-order valence-electron chi connectivity index (χ4n) is 3.56. The van der Waals surface area contributed by atoms with E-state index in [1.165, 1.54) is 6.07 Å². The molecule has 1 aliphatic rings. The van der Waals surface area contributed by atoms with Gasteiger partial charge in [-0.05, 0) is 30.7 Å². The van der Waals surface area contributed by atoms with Crippen LogP contribution < -0.4 is 10.9 Å². The molecule has 0 aliphatic heterocycles. The second-order valence-corrected chi connectivity index (χ2v) is 8.15. The van der Waals surface area contributed by atoms with Crippen LogP contribution in [0.5, 0.6) is 0 Å². The molecule has 30 heavy (non-hydrogen) atoms. The van der Waals surface area contributed by atoms with Gasteiger partial charge in [0.05, 0.1) is 17.3 Å². The molecule has 4 rings (SSSR count). The second-order valence-electron chi connectivity index (χ2n) is 8.15. The summed E-state index contributed by atoms with van der Waals surface area (Å²) in [6.45, 7) is 5.96. The van der Waals surface area contributed by atoms with Gasteiger partial charge in [0.2, 0.25) is 11.9 Å². The summed E-state index contributed by atoms with van der Waals surface area (Å²) in [5.41, 5.74) is 2.33. The highest BCUT2D eigenvalue weighted by Crippen LogP contribution is 2.40. The number of anilines is 1. The van der Waals surface area contributed by atoms with Crippen molar-refractivity contribution in [2.75, 3.05) is 5.32 Å². The summed E-state index contributed by atoms with van der Waals surface area (Å²) >= 11 is 0. The zero-order chi connectivity index (χ0) is 21.3. The van der Waals surface area contributed by atoms with E-state index in [2.05, 4.69) is 20.4 Å². The van der Waals surface area contributed by atoms with Gasteiger partial charge in [0, 0.05) is 18.1 Å². The molecule has 2 heterocycles. The average molecular weight is 406 g/mol. The van der Waals surface area contributed by atoms with E-state index in [1.54, 1.807) is 4.68 Å². The molecule has 0 radical (unpaired) electrons. The summed E-state index contributed by atoms with van der Waals surface area (Å²) in [6.07, 6.45) is 2.85. The number of amides is 1. The summed E-state index contributed by atoms with van der Waals surface area (Å²) in [5, 5.41) is 7.69. The molecule has 0 saturated heterocycles. The number of hydrogen-bond acceptors (Lipinski definition) is 4. The highest BCUT2D eigenvalue weighted by atomic mass is 16.2. The molecule has 1 atom stereocenters. The van der Waals surface area contributed by atoms with Gasteiger partial charge in [-0.3, -0.25) is 14.6 Å². The van der Waals surface area contributed by atoms with Crippen molar-refractivity contribution in [2.24, 2.45) is 0 Å². The van der Waals surface area contributed by atoms with Crippen molar-refractivity contribution in [1.82, 2.24) is 19.7 Å². The predicted octanol–water partition coefficient (Wildman–Crippen LogP) is 4.09. The number of H-pyrrole nitrogens is 1. The largest absolute Gasteiger partial charge is 0.310 e. The number of aromatic amines is 1. The second kappa shape index (κ2) is 8.26. The molecule has 1 amide bonds. The van der Waals surface area contributed by atoms with Crippen LogP contribution in [0.25, 0.3) is 5.95 Å². The standard InChI is InChI=1S/C23H27N5O2/c1-4-17(15-8-6-5-7-9-15)22(30)25-20-12-19(16-10-11-16)27-28(20)23-24-18(14(2)3)13-21(29)26-23/h5-9,12-14,16-17H,4,10-11H2,1-3H3,(H,25,30)(H,24,26,29)/t17-/m0/s1. The zero-order valence-electron chi connectivity index (χ0n) is 17.6. The Bertz CT molecular complexity index is 1100. The van der Waals surface area contributed by atoms with Crippen LogP contribution in [0, 0.1) is 0 Å². The molecular formula is C23H27N5O2. The Labute approximate surface area is 175 Å². The van der Waals surface area contributed by atoms with Gasteiger partial charge >= 0.3 is 0 Å². The molecule has 0 unspecified atom stereocenters. The molecule has 156 valence electrons. The molecule has 1 aliphatic carbocycles. The van der Waals surface area contributed by atoms with Crippen LogP contribution >= 0.6 is 0 Å². The Kier molecular flexibility index (Phi) is 5.53. The molecule has 2 aromatic heterocycles. The maximum atomic E-state index is 13.1. The first kappa shape index (κ1) is 20.1. The van der Waals surface area contributed by atoms with Crippen molar-refractivity contribution in [2.45, 2.75) is 57.8 Å². The van der Waals surface area contributed by atoms with Gasteiger partial charge < -0.3 is 5.32 Å². The van der Waals surface area contributed by atoms with Crippen molar-refractivity contribution >= 4 is 11.7 Å². The molecule has 1 aromatic carbocycles. The van der Waals surface area contributed by atoms with Crippen LogP contribution in [0.2, 0.25) is 0 Å².